The first-order valence-electron chi connectivity index (χ1n) is 6.40. The predicted octanol–water partition coefficient (Wildman–Crippen LogP) is 6.01. The van der Waals surface area contributed by atoms with E-state index < -0.39 is 0 Å². The van der Waals surface area contributed by atoms with Gasteiger partial charge in [-0.15, -0.1) is 11.3 Å². The van der Waals surface area contributed by atoms with Gasteiger partial charge in [-0.3, -0.25) is 0 Å². The van der Waals surface area contributed by atoms with Crippen molar-refractivity contribution in [3.63, 3.8) is 0 Å². The Hall–Kier alpha value is 0.320. The highest BCUT2D eigenvalue weighted by Crippen LogP contribution is 2.36. The molecule has 2 heterocycles. The number of halogens is 2. The first kappa shape index (κ1) is 15.7. The molecule has 0 radical (unpaired) electrons. The first-order valence-corrected chi connectivity index (χ1v) is 9.74. The molecule has 1 atom stereocenters. The van der Waals surface area contributed by atoms with Crippen LogP contribution in [0.5, 0.6) is 0 Å². The molecule has 104 valence electrons. The van der Waals surface area contributed by atoms with Crippen molar-refractivity contribution in [2.24, 2.45) is 0 Å². The van der Waals surface area contributed by atoms with Crippen LogP contribution in [0.15, 0.2) is 31.2 Å². The fraction of sp³-hybridized carbons (Fsp3) is 0.429. The maximum Gasteiger partial charge on any atom is 0.0843 e. The van der Waals surface area contributed by atoms with Gasteiger partial charge in [-0.05, 0) is 86.1 Å². The van der Waals surface area contributed by atoms with Gasteiger partial charge in [-0.2, -0.15) is 11.3 Å². The molecule has 0 spiro atoms. The van der Waals surface area contributed by atoms with Crippen LogP contribution in [-0.4, -0.2) is 6.54 Å². The van der Waals surface area contributed by atoms with Gasteiger partial charge in [0, 0.05) is 15.4 Å². The van der Waals surface area contributed by atoms with Gasteiger partial charge in [0.2, 0.25) is 0 Å². The lowest BCUT2D eigenvalue weighted by Crippen LogP contribution is -2.21. The Morgan fingerprint density at radius 1 is 1.37 bits per heavy atom. The van der Waals surface area contributed by atoms with E-state index in [-0.39, 0.29) is 0 Å². The normalized spacial score (nSPS) is 12.8. The summed E-state index contributed by atoms with van der Waals surface area (Å²) in [4.78, 5) is 1.41. The van der Waals surface area contributed by atoms with Gasteiger partial charge in [0.25, 0.3) is 0 Å². The van der Waals surface area contributed by atoms with Crippen molar-refractivity contribution in [3.8, 4) is 0 Å². The van der Waals surface area contributed by atoms with Crippen LogP contribution in [0.1, 0.15) is 36.2 Å². The summed E-state index contributed by atoms with van der Waals surface area (Å²) < 4.78 is 2.34. The van der Waals surface area contributed by atoms with Gasteiger partial charge in [0.1, 0.15) is 0 Å². The topological polar surface area (TPSA) is 12.0 Å². The lowest BCUT2D eigenvalue weighted by atomic mass is 10.1. The molecule has 1 N–H and O–H groups in total. The third-order valence-electron chi connectivity index (χ3n) is 2.95. The van der Waals surface area contributed by atoms with Crippen LogP contribution in [0.2, 0.25) is 0 Å². The maximum atomic E-state index is 3.66. The lowest BCUT2D eigenvalue weighted by molar-refractivity contribution is 0.506. The third-order valence-corrected chi connectivity index (χ3v) is 7.05. The maximum absolute atomic E-state index is 3.66. The van der Waals surface area contributed by atoms with Gasteiger partial charge in [0.15, 0.2) is 0 Å². The Labute approximate surface area is 139 Å². The molecule has 0 aliphatic heterocycles. The number of rotatable bonds is 7. The van der Waals surface area contributed by atoms with Gasteiger partial charge >= 0.3 is 0 Å². The van der Waals surface area contributed by atoms with Gasteiger partial charge in [-0.25, -0.2) is 0 Å². The van der Waals surface area contributed by atoms with Crippen LogP contribution in [0, 0.1) is 0 Å². The molecule has 1 nitrogen and oxygen atoms in total. The van der Waals surface area contributed by atoms with Gasteiger partial charge in [0.05, 0.1) is 3.79 Å². The minimum Gasteiger partial charge on any atom is -0.309 e. The molecular weight excluding hydrogens is 406 g/mol. The Bertz CT molecular complexity index is 474. The highest BCUT2D eigenvalue weighted by Gasteiger charge is 2.15. The summed E-state index contributed by atoms with van der Waals surface area (Å²) in [6, 6.07) is 4.91. The number of hydrogen-bond acceptors (Lipinski definition) is 3. The summed E-state index contributed by atoms with van der Waals surface area (Å²) in [5.41, 5.74) is 1.45. The number of thiophene rings is 2. The fourth-order valence-corrected chi connectivity index (χ4v) is 4.85. The second-order valence-electron chi connectivity index (χ2n) is 4.45. The van der Waals surface area contributed by atoms with E-state index in [1.165, 1.54) is 20.6 Å². The summed E-state index contributed by atoms with van der Waals surface area (Å²) in [5.74, 6) is 0. The van der Waals surface area contributed by atoms with Crippen molar-refractivity contribution in [1.29, 1.82) is 0 Å². The van der Waals surface area contributed by atoms with Crippen molar-refractivity contribution < 1.29 is 0 Å². The SMILES string of the molecule is CCCNC(CCc1ccsc1)c1cc(Br)c(Br)s1. The molecule has 0 aliphatic rings. The highest BCUT2D eigenvalue weighted by molar-refractivity contribution is 9.13. The number of hydrogen-bond donors (Lipinski definition) is 1. The Balaban J connectivity index is 2.02. The molecule has 2 aromatic heterocycles. The van der Waals surface area contributed by atoms with Crippen molar-refractivity contribution in [3.05, 3.63) is 41.6 Å². The summed E-state index contributed by atoms with van der Waals surface area (Å²) in [5, 5.41) is 8.06. The van der Waals surface area contributed by atoms with Gasteiger partial charge in [-0.1, -0.05) is 6.92 Å². The zero-order valence-electron chi connectivity index (χ0n) is 10.8. The van der Waals surface area contributed by atoms with E-state index in [9.17, 15) is 0 Å². The molecule has 19 heavy (non-hydrogen) atoms. The van der Waals surface area contributed by atoms with Crippen LogP contribution in [0.25, 0.3) is 0 Å². The van der Waals surface area contributed by atoms with E-state index in [1.54, 1.807) is 11.3 Å². The Morgan fingerprint density at radius 3 is 2.79 bits per heavy atom. The van der Waals surface area contributed by atoms with Crippen molar-refractivity contribution in [2.75, 3.05) is 6.54 Å². The largest absolute Gasteiger partial charge is 0.309 e. The highest BCUT2D eigenvalue weighted by atomic mass is 79.9. The smallest absolute Gasteiger partial charge is 0.0843 e. The zero-order chi connectivity index (χ0) is 13.7. The third kappa shape index (κ3) is 4.67. The molecule has 0 fully saturated rings. The number of aryl methyl sites for hydroxylation is 1. The average molecular weight is 423 g/mol. The number of nitrogens with one attached hydrogen (secondary N) is 1. The quantitative estimate of drug-likeness (QED) is 0.576. The predicted molar refractivity (Wildman–Crippen MR) is 93.4 cm³/mol. The summed E-state index contributed by atoms with van der Waals surface area (Å²) in [7, 11) is 0. The van der Waals surface area contributed by atoms with Crippen LogP contribution < -0.4 is 5.32 Å². The molecule has 0 bridgehead atoms. The summed E-state index contributed by atoms with van der Waals surface area (Å²) in [6.45, 7) is 3.28. The average Bonchev–Trinajstić information content (AvgIpc) is 3.01. The van der Waals surface area contributed by atoms with E-state index in [0.29, 0.717) is 6.04 Å². The molecule has 0 aromatic carbocycles. The minimum atomic E-state index is 0.451. The van der Waals surface area contributed by atoms with E-state index in [0.717, 1.165) is 23.9 Å². The molecule has 5 heteroatoms. The Morgan fingerprint density at radius 2 is 2.21 bits per heavy atom. The van der Waals surface area contributed by atoms with Crippen LogP contribution >= 0.6 is 54.5 Å². The Kier molecular flexibility index (Phi) is 6.56. The molecule has 1 unspecified atom stereocenters. The second kappa shape index (κ2) is 7.93. The van der Waals surface area contributed by atoms with Gasteiger partial charge < -0.3 is 5.32 Å². The summed E-state index contributed by atoms with van der Waals surface area (Å²) in [6.07, 6.45) is 3.46. The van der Waals surface area contributed by atoms with Crippen molar-refractivity contribution in [2.45, 2.75) is 32.2 Å². The molecular formula is C14H17Br2NS2. The molecule has 2 rings (SSSR count). The molecule has 0 saturated heterocycles. The van der Waals surface area contributed by atoms with Crippen LogP contribution in [0.3, 0.4) is 0 Å². The van der Waals surface area contributed by atoms with E-state index in [1.807, 2.05) is 11.3 Å². The monoisotopic (exact) mass is 421 g/mol. The molecule has 2 aromatic rings. The van der Waals surface area contributed by atoms with Crippen LogP contribution in [0.4, 0.5) is 0 Å². The zero-order valence-corrected chi connectivity index (χ0v) is 15.6. The second-order valence-corrected chi connectivity index (χ2v) is 8.48. The summed E-state index contributed by atoms with van der Waals surface area (Å²) >= 11 is 10.8. The molecule has 0 amide bonds. The standard InChI is InChI=1S/C14H17Br2NS2/c1-2-6-17-12(4-3-10-5-7-18-9-10)13-8-11(15)14(16)19-13/h5,7-9,12,17H,2-4,6H2,1H3. The molecule has 0 saturated carbocycles. The van der Waals surface area contributed by atoms with E-state index in [2.05, 4.69) is 67.0 Å². The first-order chi connectivity index (χ1) is 9.20. The van der Waals surface area contributed by atoms with Crippen molar-refractivity contribution in [1.82, 2.24) is 5.32 Å². The van der Waals surface area contributed by atoms with Crippen LogP contribution in [-0.2, 0) is 6.42 Å². The fourth-order valence-electron chi connectivity index (χ4n) is 1.94. The minimum absolute atomic E-state index is 0.451. The van der Waals surface area contributed by atoms with E-state index >= 15 is 0 Å². The van der Waals surface area contributed by atoms with E-state index in [4.69, 9.17) is 0 Å². The van der Waals surface area contributed by atoms with Crippen molar-refractivity contribution >= 4 is 54.5 Å². The lowest BCUT2D eigenvalue weighted by Gasteiger charge is -2.16. The molecule has 0 aliphatic carbocycles.